The van der Waals surface area contributed by atoms with E-state index in [1.807, 2.05) is 6.92 Å². The van der Waals surface area contributed by atoms with E-state index >= 15 is 0 Å². The molecule has 1 amide bonds. The Morgan fingerprint density at radius 3 is 2.67 bits per heavy atom. The highest BCUT2D eigenvalue weighted by molar-refractivity contribution is 6.06. The fourth-order valence-corrected chi connectivity index (χ4v) is 2.96. The summed E-state index contributed by atoms with van der Waals surface area (Å²) in [6.45, 7) is 2.60. The molecule has 3 rings (SSSR count). The molecular weight excluding hydrogens is 326 g/mol. The van der Waals surface area contributed by atoms with Gasteiger partial charge in [-0.2, -0.15) is 18.3 Å². The Bertz CT molecular complexity index is 797. The number of benzene rings is 1. The van der Waals surface area contributed by atoms with Gasteiger partial charge in [0.25, 0.3) is 5.91 Å². The van der Waals surface area contributed by atoms with Gasteiger partial charge < -0.3 is 4.90 Å². The van der Waals surface area contributed by atoms with Crippen molar-refractivity contribution in [2.24, 2.45) is 0 Å². The van der Waals surface area contributed by atoms with Crippen LogP contribution in [0.1, 0.15) is 40.1 Å². The molecule has 128 valence electrons. The van der Waals surface area contributed by atoms with Gasteiger partial charge in [0.05, 0.1) is 17.8 Å². The summed E-state index contributed by atoms with van der Waals surface area (Å²) in [5, 5.41) is 4.16. The predicted molar refractivity (Wildman–Crippen MR) is 79.6 cm³/mol. The zero-order valence-electron chi connectivity index (χ0n) is 13.1. The molecule has 0 spiro atoms. The standard InChI is InChI=1S/C16H15F4N3O/c1-9-7-21-23-10(2)8-22(15(24)14(9)23)12-3-4-13(16(18,19)20)11(5-12)6-17/h3-5,7,10H,6,8H2,1-2H3. The van der Waals surface area contributed by atoms with Gasteiger partial charge in [0.1, 0.15) is 12.4 Å². The van der Waals surface area contributed by atoms with Crippen LogP contribution in [0.25, 0.3) is 0 Å². The van der Waals surface area contributed by atoms with Crippen molar-refractivity contribution in [3.8, 4) is 0 Å². The zero-order chi connectivity index (χ0) is 17.6. The Hall–Kier alpha value is -2.38. The summed E-state index contributed by atoms with van der Waals surface area (Å²) in [7, 11) is 0. The lowest BCUT2D eigenvalue weighted by atomic mass is 10.0. The lowest BCUT2D eigenvalue weighted by Gasteiger charge is -2.32. The van der Waals surface area contributed by atoms with Crippen molar-refractivity contribution in [2.45, 2.75) is 32.7 Å². The van der Waals surface area contributed by atoms with Crippen LogP contribution in [0.3, 0.4) is 0 Å². The molecule has 0 N–H and O–H groups in total. The van der Waals surface area contributed by atoms with Crippen LogP contribution >= 0.6 is 0 Å². The van der Waals surface area contributed by atoms with E-state index in [9.17, 15) is 22.4 Å². The highest BCUT2D eigenvalue weighted by Crippen LogP contribution is 2.36. The Kier molecular flexibility index (Phi) is 3.85. The molecular formula is C16H15F4N3O. The fourth-order valence-electron chi connectivity index (χ4n) is 2.96. The van der Waals surface area contributed by atoms with Crippen molar-refractivity contribution >= 4 is 11.6 Å². The van der Waals surface area contributed by atoms with Crippen LogP contribution in [0.5, 0.6) is 0 Å². The number of fused-ring (bicyclic) bond motifs is 1. The molecule has 0 radical (unpaired) electrons. The van der Waals surface area contributed by atoms with Crippen molar-refractivity contribution in [2.75, 3.05) is 11.4 Å². The molecule has 0 fully saturated rings. The average molecular weight is 341 g/mol. The molecule has 1 unspecified atom stereocenters. The monoisotopic (exact) mass is 341 g/mol. The van der Waals surface area contributed by atoms with E-state index in [4.69, 9.17) is 0 Å². The fraction of sp³-hybridized carbons (Fsp3) is 0.375. The summed E-state index contributed by atoms with van der Waals surface area (Å²) < 4.78 is 53.4. The number of alkyl halides is 4. The topological polar surface area (TPSA) is 38.1 Å². The van der Waals surface area contributed by atoms with Gasteiger partial charge in [0.2, 0.25) is 0 Å². The van der Waals surface area contributed by atoms with Gasteiger partial charge in [0, 0.05) is 17.8 Å². The third-order valence-electron chi connectivity index (χ3n) is 4.14. The van der Waals surface area contributed by atoms with E-state index in [0.29, 0.717) is 11.3 Å². The number of aryl methyl sites for hydroxylation is 1. The number of hydrogen-bond acceptors (Lipinski definition) is 2. The van der Waals surface area contributed by atoms with Crippen LogP contribution < -0.4 is 4.90 Å². The van der Waals surface area contributed by atoms with Gasteiger partial charge in [-0.1, -0.05) is 0 Å². The van der Waals surface area contributed by atoms with Crippen LogP contribution in [-0.2, 0) is 12.9 Å². The molecule has 1 atom stereocenters. The van der Waals surface area contributed by atoms with E-state index in [0.717, 1.165) is 12.1 Å². The average Bonchev–Trinajstić information content (AvgIpc) is 2.92. The summed E-state index contributed by atoms with van der Waals surface area (Å²) in [5.74, 6) is -0.354. The maximum Gasteiger partial charge on any atom is 0.416 e. The minimum atomic E-state index is -4.63. The first-order valence-corrected chi connectivity index (χ1v) is 7.36. The summed E-state index contributed by atoms with van der Waals surface area (Å²) in [6, 6.07) is 2.98. The molecule has 0 saturated heterocycles. The second-order valence-electron chi connectivity index (χ2n) is 5.86. The van der Waals surface area contributed by atoms with Gasteiger partial charge in [-0.05, 0) is 37.6 Å². The number of halogens is 4. The van der Waals surface area contributed by atoms with Gasteiger partial charge in [-0.3, -0.25) is 9.48 Å². The second kappa shape index (κ2) is 5.61. The molecule has 1 aliphatic heterocycles. The molecule has 2 heterocycles. The number of rotatable bonds is 2. The highest BCUT2D eigenvalue weighted by atomic mass is 19.4. The predicted octanol–water partition coefficient (Wildman–Crippen LogP) is 3.90. The van der Waals surface area contributed by atoms with Crippen molar-refractivity contribution < 1.29 is 22.4 Å². The van der Waals surface area contributed by atoms with Gasteiger partial charge in [-0.15, -0.1) is 0 Å². The molecule has 24 heavy (non-hydrogen) atoms. The summed E-state index contributed by atoms with van der Waals surface area (Å²) in [6.07, 6.45) is -3.05. The first kappa shape index (κ1) is 16.5. The van der Waals surface area contributed by atoms with Crippen LogP contribution in [0.15, 0.2) is 24.4 Å². The number of aromatic nitrogens is 2. The highest BCUT2D eigenvalue weighted by Gasteiger charge is 2.36. The lowest BCUT2D eigenvalue weighted by Crippen LogP contribution is -2.43. The summed E-state index contributed by atoms with van der Waals surface area (Å²) >= 11 is 0. The van der Waals surface area contributed by atoms with E-state index in [1.165, 1.54) is 11.0 Å². The van der Waals surface area contributed by atoms with E-state index in [1.54, 1.807) is 17.8 Å². The Balaban J connectivity index is 2.04. The van der Waals surface area contributed by atoms with E-state index < -0.39 is 24.0 Å². The lowest BCUT2D eigenvalue weighted by molar-refractivity contribution is -0.138. The second-order valence-corrected chi connectivity index (χ2v) is 5.86. The number of hydrogen-bond donors (Lipinski definition) is 0. The minimum absolute atomic E-state index is 0.137. The zero-order valence-corrected chi connectivity index (χ0v) is 13.1. The van der Waals surface area contributed by atoms with Crippen LogP contribution in [0.2, 0.25) is 0 Å². The smallest absolute Gasteiger partial charge is 0.305 e. The first-order chi connectivity index (χ1) is 11.2. The molecule has 8 heteroatoms. The van der Waals surface area contributed by atoms with E-state index in [2.05, 4.69) is 5.10 Å². The van der Waals surface area contributed by atoms with Gasteiger partial charge in [-0.25, -0.2) is 4.39 Å². The molecule has 1 aromatic carbocycles. The number of nitrogens with zero attached hydrogens (tertiary/aromatic N) is 3. The maximum atomic E-state index is 13.1. The molecule has 1 aromatic heterocycles. The Morgan fingerprint density at radius 2 is 2.04 bits per heavy atom. The number of carbonyl (C=O) groups excluding carboxylic acids is 1. The largest absolute Gasteiger partial charge is 0.416 e. The third-order valence-corrected chi connectivity index (χ3v) is 4.14. The van der Waals surface area contributed by atoms with Crippen LogP contribution in [-0.4, -0.2) is 22.2 Å². The molecule has 0 bridgehead atoms. The summed E-state index contributed by atoms with van der Waals surface area (Å²) in [5.41, 5.74) is -0.160. The first-order valence-electron chi connectivity index (χ1n) is 7.36. The SMILES string of the molecule is Cc1cnn2c1C(=O)N(c1ccc(C(F)(F)F)c(CF)c1)CC2C. The quantitative estimate of drug-likeness (QED) is 0.777. The number of amides is 1. The van der Waals surface area contributed by atoms with Crippen LogP contribution in [0.4, 0.5) is 23.2 Å². The molecule has 4 nitrogen and oxygen atoms in total. The van der Waals surface area contributed by atoms with Gasteiger partial charge in [0.15, 0.2) is 0 Å². The Labute approximate surface area is 135 Å². The number of anilines is 1. The maximum absolute atomic E-state index is 13.1. The van der Waals surface area contributed by atoms with Gasteiger partial charge >= 0.3 is 6.18 Å². The normalized spacial score (nSPS) is 18.0. The van der Waals surface area contributed by atoms with E-state index in [-0.39, 0.29) is 24.2 Å². The molecule has 0 saturated carbocycles. The van der Waals surface area contributed by atoms with Crippen molar-refractivity contribution in [1.82, 2.24) is 9.78 Å². The summed E-state index contributed by atoms with van der Waals surface area (Å²) in [4.78, 5) is 14.0. The van der Waals surface area contributed by atoms with Crippen molar-refractivity contribution in [1.29, 1.82) is 0 Å². The molecule has 0 aliphatic carbocycles. The van der Waals surface area contributed by atoms with Crippen LogP contribution in [0, 0.1) is 6.92 Å². The minimum Gasteiger partial charge on any atom is -0.305 e. The number of carbonyl (C=O) groups is 1. The third kappa shape index (κ3) is 2.55. The van der Waals surface area contributed by atoms with Crippen molar-refractivity contribution in [3.63, 3.8) is 0 Å². The molecule has 1 aliphatic rings. The Morgan fingerprint density at radius 1 is 1.33 bits per heavy atom. The van der Waals surface area contributed by atoms with Crippen molar-refractivity contribution in [3.05, 3.63) is 46.8 Å². The molecule has 2 aromatic rings.